The van der Waals surface area contributed by atoms with Crippen molar-refractivity contribution < 1.29 is 29.0 Å². The Morgan fingerprint density at radius 2 is 1.64 bits per heavy atom. The minimum absolute atomic E-state index is 0.0472. The fourth-order valence-corrected chi connectivity index (χ4v) is 4.03. The topological polar surface area (TPSA) is 114 Å². The number of fused-ring (bicyclic) bond motifs is 3. The highest BCUT2D eigenvalue weighted by molar-refractivity contribution is 5.86. The summed E-state index contributed by atoms with van der Waals surface area (Å²) in [5, 5.41) is 14.2. The molecule has 0 aromatic heterocycles. The highest BCUT2D eigenvalue weighted by atomic mass is 16.5. The first-order chi connectivity index (χ1) is 15.9. The van der Waals surface area contributed by atoms with Gasteiger partial charge >= 0.3 is 12.1 Å². The molecular formula is C25H30N2O6. The van der Waals surface area contributed by atoms with Crippen LogP contribution in [0.15, 0.2) is 48.5 Å². The smallest absolute Gasteiger partial charge is 0.407 e. The maximum atomic E-state index is 12.6. The fraction of sp³-hybridized carbons (Fsp3) is 0.400. The second-order valence-electron chi connectivity index (χ2n) is 7.97. The Kier molecular flexibility index (Phi) is 8.43. The maximum Gasteiger partial charge on any atom is 0.407 e. The molecule has 0 saturated carbocycles. The first-order valence-electron chi connectivity index (χ1n) is 11.1. The number of aliphatic carboxylic acids is 1. The van der Waals surface area contributed by atoms with Crippen LogP contribution in [0.25, 0.3) is 11.1 Å². The molecule has 0 heterocycles. The number of carbonyl (C=O) groups is 3. The zero-order valence-corrected chi connectivity index (χ0v) is 18.9. The first-order valence-corrected chi connectivity index (χ1v) is 11.1. The molecule has 8 heteroatoms. The Balaban J connectivity index is 1.62. The summed E-state index contributed by atoms with van der Waals surface area (Å²) in [6, 6.07) is 15.0. The number of alkyl carbamates (subject to hydrolysis) is 1. The molecule has 1 aliphatic rings. The number of benzene rings is 2. The Labute approximate surface area is 193 Å². The molecule has 2 aromatic carbocycles. The van der Waals surface area contributed by atoms with E-state index in [-0.39, 0.29) is 38.0 Å². The molecule has 0 bridgehead atoms. The minimum atomic E-state index is -1.05. The molecule has 0 spiro atoms. The molecule has 3 N–H and O–H groups in total. The van der Waals surface area contributed by atoms with Crippen LogP contribution >= 0.6 is 0 Å². The molecule has 33 heavy (non-hydrogen) atoms. The van der Waals surface area contributed by atoms with E-state index in [4.69, 9.17) is 14.6 Å². The van der Waals surface area contributed by atoms with Crippen LogP contribution in [0.3, 0.4) is 0 Å². The SMILES string of the molecule is CCOC(C)CNC(=O)C(CCC(=O)O)NC(=O)OCC1c2ccccc2-c2ccccc21. The predicted octanol–water partition coefficient (Wildman–Crippen LogP) is 3.30. The predicted molar refractivity (Wildman–Crippen MR) is 123 cm³/mol. The number of amides is 2. The van der Waals surface area contributed by atoms with Crippen LogP contribution in [-0.4, -0.2) is 55.0 Å². The van der Waals surface area contributed by atoms with Gasteiger partial charge in [0.25, 0.3) is 0 Å². The number of carboxylic acid groups (broad SMARTS) is 1. The lowest BCUT2D eigenvalue weighted by Crippen LogP contribution is -2.48. The lowest BCUT2D eigenvalue weighted by Gasteiger charge is -2.20. The van der Waals surface area contributed by atoms with Gasteiger partial charge in [-0.2, -0.15) is 0 Å². The van der Waals surface area contributed by atoms with Gasteiger partial charge in [0.2, 0.25) is 5.91 Å². The molecular weight excluding hydrogens is 424 g/mol. The zero-order chi connectivity index (χ0) is 23.8. The maximum absolute atomic E-state index is 12.6. The Morgan fingerprint density at radius 1 is 1.03 bits per heavy atom. The van der Waals surface area contributed by atoms with Gasteiger partial charge in [0.15, 0.2) is 0 Å². The molecule has 3 rings (SSSR count). The van der Waals surface area contributed by atoms with Crippen molar-refractivity contribution in [2.45, 2.75) is 44.8 Å². The summed E-state index contributed by atoms with van der Waals surface area (Å²) in [5.74, 6) is -1.64. The second kappa shape index (κ2) is 11.5. The summed E-state index contributed by atoms with van der Waals surface area (Å²) in [6.07, 6.45) is -1.27. The standard InChI is InChI=1S/C25H30N2O6/c1-3-32-16(2)14-26-24(30)22(12-13-23(28)29)27-25(31)33-15-21-19-10-6-4-8-17(19)18-9-5-7-11-20(18)21/h4-11,16,21-22H,3,12-15H2,1-2H3,(H,26,30)(H,27,31)(H,28,29). The van der Waals surface area contributed by atoms with E-state index in [1.54, 1.807) is 0 Å². The third-order valence-corrected chi connectivity index (χ3v) is 5.61. The van der Waals surface area contributed by atoms with Crippen molar-refractivity contribution >= 4 is 18.0 Å². The van der Waals surface area contributed by atoms with E-state index in [1.807, 2.05) is 62.4 Å². The van der Waals surface area contributed by atoms with Crippen LogP contribution < -0.4 is 10.6 Å². The number of carbonyl (C=O) groups excluding carboxylic acids is 2. The largest absolute Gasteiger partial charge is 0.481 e. The number of hydrogen-bond acceptors (Lipinski definition) is 5. The van der Waals surface area contributed by atoms with Crippen molar-refractivity contribution in [3.05, 3.63) is 59.7 Å². The molecule has 0 saturated heterocycles. The minimum Gasteiger partial charge on any atom is -0.481 e. The Hall–Kier alpha value is -3.39. The number of ether oxygens (including phenoxy) is 2. The number of hydrogen-bond donors (Lipinski definition) is 3. The molecule has 2 unspecified atom stereocenters. The van der Waals surface area contributed by atoms with Crippen LogP contribution in [0.1, 0.15) is 43.7 Å². The average Bonchev–Trinajstić information content (AvgIpc) is 3.12. The van der Waals surface area contributed by atoms with Crippen molar-refractivity contribution in [2.24, 2.45) is 0 Å². The molecule has 2 atom stereocenters. The third kappa shape index (κ3) is 6.32. The Bertz CT molecular complexity index is 947. The van der Waals surface area contributed by atoms with Crippen molar-refractivity contribution in [1.82, 2.24) is 10.6 Å². The van der Waals surface area contributed by atoms with Gasteiger partial charge in [-0.25, -0.2) is 4.79 Å². The van der Waals surface area contributed by atoms with Crippen LogP contribution in [0.2, 0.25) is 0 Å². The normalized spacial score (nSPS) is 14.0. The number of nitrogens with one attached hydrogen (secondary N) is 2. The fourth-order valence-electron chi connectivity index (χ4n) is 4.03. The summed E-state index contributed by atoms with van der Waals surface area (Å²) in [7, 11) is 0. The molecule has 0 aliphatic heterocycles. The lowest BCUT2D eigenvalue weighted by atomic mass is 9.98. The van der Waals surface area contributed by atoms with E-state index in [2.05, 4.69) is 10.6 Å². The van der Waals surface area contributed by atoms with E-state index in [0.717, 1.165) is 22.3 Å². The molecule has 2 aromatic rings. The molecule has 0 radical (unpaired) electrons. The van der Waals surface area contributed by atoms with Gasteiger partial charge in [0.05, 0.1) is 6.10 Å². The molecule has 1 aliphatic carbocycles. The highest BCUT2D eigenvalue weighted by Gasteiger charge is 2.30. The molecule has 2 amide bonds. The van der Waals surface area contributed by atoms with Gasteiger partial charge in [0, 0.05) is 25.5 Å². The van der Waals surface area contributed by atoms with Gasteiger partial charge in [-0.05, 0) is 42.5 Å². The Morgan fingerprint density at radius 3 is 2.21 bits per heavy atom. The molecule has 176 valence electrons. The van der Waals surface area contributed by atoms with Gasteiger partial charge in [-0.3, -0.25) is 9.59 Å². The van der Waals surface area contributed by atoms with Crippen molar-refractivity contribution in [3.63, 3.8) is 0 Å². The zero-order valence-electron chi connectivity index (χ0n) is 18.9. The second-order valence-corrected chi connectivity index (χ2v) is 7.97. The van der Waals surface area contributed by atoms with Crippen LogP contribution in [-0.2, 0) is 19.1 Å². The molecule has 8 nitrogen and oxygen atoms in total. The van der Waals surface area contributed by atoms with Gasteiger partial charge < -0.3 is 25.2 Å². The monoisotopic (exact) mass is 454 g/mol. The van der Waals surface area contributed by atoms with Crippen LogP contribution in [0, 0.1) is 0 Å². The van der Waals surface area contributed by atoms with E-state index >= 15 is 0 Å². The lowest BCUT2D eigenvalue weighted by molar-refractivity contribution is -0.137. The van der Waals surface area contributed by atoms with Crippen LogP contribution in [0.5, 0.6) is 0 Å². The summed E-state index contributed by atoms with van der Waals surface area (Å²) >= 11 is 0. The summed E-state index contributed by atoms with van der Waals surface area (Å²) in [4.78, 5) is 36.1. The number of carboxylic acids is 1. The quantitative estimate of drug-likeness (QED) is 0.480. The number of rotatable bonds is 11. The van der Waals surface area contributed by atoms with E-state index in [0.29, 0.717) is 6.61 Å². The highest BCUT2D eigenvalue weighted by Crippen LogP contribution is 2.44. The third-order valence-electron chi connectivity index (χ3n) is 5.61. The summed E-state index contributed by atoms with van der Waals surface area (Å²) in [6.45, 7) is 4.54. The first kappa shape index (κ1) is 24.3. The van der Waals surface area contributed by atoms with E-state index in [9.17, 15) is 14.4 Å². The summed E-state index contributed by atoms with van der Waals surface area (Å²) < 4.78 is 10.9. The van der Waals surface area contributed by atoms with Gasteiger partial charge in [0.1, 0.15) is 12.6 Å². The summed E-state index contributed by atoms with van der Waals surface area (Å²) in [5.41, 5.74) is 4.39. The van der Waals surface area contributed by atoms with Crippen molar-refractivity contribution in [1.29, 1.82) is 0 Å². The van der Waals surface area contributed by atoms with Crippen molar-refractivity contribution in [2.75, 3.05) is 19.8 Å². The van der Waals surface area contributed by atoms with E-state index in [1.165, 1.54) is 0 Å². The van der Waals surface area contributed by atoms with Gasteiger partial charge in [-0.15, -0.1) is 0 Å². The molecule has 0 fully saturated rings. The van der Waals surface area contributed by atoms with Crippen LogP contribution in [0.4, 0.5) is 4.79 Å². The van der Waals surface area contributed by atoms with E-state index < -0.39 is 24.0 Å². The van der Waals surface area contributed by atoms with Crippen molar-refractivity contribution in [3.8, 4) is 11.1 Å². The van der Waals surface area contributed by atoms with Gasteiger partial charge in [-0.1, -0.05) is 48.5 Å². The average molecular weight is 455 g/mol.